The van der Waals surface area contributed by atoms with Gasteiger partial charge in [-0.1, -0.05) is 36.4 Å². The van der Waals surface area contributed by atoms with Gasteiger partial charge in [0.25, 0.3) is 0 Å². The summed E-state index contributed by atoms with van der Waals surface area (Å²) in [5.74, 6) is 1.30. The van der Waals surface area contributed by atoms with E-state index in [4.69, 9.17) is 0 Å². The lowest BCUT2D eigenvalue weighted by Crippen LogP contribution is -2.49. The maximum atomic E-state index is 13.4. The van der Waals surface area contributed by atoms with Crippen molar-refractivity contribution in [2.24, 2.45) is 4.99 Å². The number of guanidine groups is 1. The van der Waals surface area contributed by atoms with E-state index >= 15 is 0 Å². The van der Waals surface area contributed by atoms with Crippen LogP contribution < -0.4 is 15.5 Å². The molecule has 0 radical (unpaired) electrons. The van der Waals surface area contributed by atoms with Gasteiger partial charge in [0.15, 0.2) is 5.96 Å². The van der Waals surface area contributed by atoms with Crippen molar-refractivity contribution in [3.8, 4) is 0 Å². The molecule has 2 aliphatic rings. The van der Waals surface area contributed by atoms with Crippen LogP contribution in [0.25, 0.3) is 0 Å². The van der Waals surface area contributed by atoms with E-state index in [1.165, 1.54) is 11.6 Å². The van der Waals surface area contributed by atoms with E-state index in [9.17, 15) is 4.39 Å². The SMILES string of the molecule is CN=C(NC1CCN(c2cccc(F)c2)CC1)NC1CC1c1ccccc1.I. The maximum absolute atomic E-state index is 13.4. The van der Waals surface area contributed by atoms with Crippen molar-refractivity contribution in [1.29, 1.82) is 0 Å². The lowest BCUT2D eigenvalue weighted by molar-refractivity contribution is 0.461. The molecule has 1 saturated carbocycles. The van der Waals surface area contributed by atoms with Crippen LogP contribution in [0.1, 0.15) is 30.7 Å². The maximum Gasteiger partial charge on any atom is 0.191 e. The second-order valence-corrected chi connectivity index (χ2v) is 7.46. The Balaban J connectivity index is 0.00000225. The zero-order chi connectivity index (χ0) is 18.6. The summed E-state index contributed by atoms with van der Waals surface area (Å²) in [5, 5.41) is 7.13. The minimum Gasteiger partial charge on any atom is -0.371 e. The predicted molar refractivity (Wildman–Crippen MR) is 124 cm³/mol. The third kappa shape index (κ3) is 5.16. The van der Waals surface area contributed by atoms with Crippen LogP contribution in [0.4, 0.5) is 10.1 Å². The monoisotopic (exact) mass is 494 g/mol. The highest BCUT2D eigenvalue weighted by molar-refractivity contribution is 14.0. The fourth-order valence-electron chi connectivity index (χ4n) is 3.92. The topological polar surface area (TPSA) is 39.7 Å². The number of nitrogens with one attached hydrogen (secondary N) is 2. The quantitative estimate of drug-likeness (QED) is 0.382. The van der Waals surface area contributed by atoms with E-state index in [0.717, 1.165) is 44.0 Å². The number of piperidine rings is 1. The van der Waals surface area contributed by atoms with Gasteiger partial charge in [-0.05, 0) is 43.0 Å². The molecular formula is C22H28FIN4. The summed E-state index contributed by atoms with van der Waals surface area (Å²) < 4.78 is 13.4. The fourth-order valence-corrected chi connectivity index (χ4v) is 3.92. The van der Waals surface area contributed by atoms with Gasteiger partial charge in [-0.2, -0.15) is 0 Å². The van der Waals surface area contributed by atoms with Crippen LogP contribution in [-0.2, 0) is 0 Å². The Morgan fingerprint density at radius 1 is 1.04 bits per heavy atom. The van der Waals surface area contributed by atoms with Gasteiger partial charge in [-0.25, -0.2) is 4.39 Å². The molecule has 2 N–H and O–H groups in total. The summed E-state index contributed by atoms with van der Waals surface area (Å²) in [6, 6.07) is 18.4. The molecule has 4 rings (SSSR count). The number of anilines is 1. The highest BCUT2D eigenvalue weighted by atomic mass is 127. The van der Waals surface area contributed by atoms with Crippen LogP contribution in [0.5, 0.6) is 0 Å². The molecule has 0 bridgehead atoms. The van der Waals surface area contributed by atoms with E-state index in [1.54, 1.807) is 12.1 Å². The predicted octanol–water partition coefficient (Wildman–Crippen LogP) is 4.13. The molecule has 150 valence electrons. The van der Waals surface area contributed by atoms with E-state index in [2.05, 4.69) is 50.9 Å². The first kappa shape index (κ1) is 20.9. The Kier molecular flexibility index (Phi) is 7.15. The molecule has 1 saturated heterocycles. The van der Waals surface area contributed by atoms with Crippen LogP contribution >= 0.6 is 24.0 Å². The fraction of sp³-hybridized carbons (Fsp3) is 0.409. The van der Waals surface area contributed by atoms with Crippen molar-refractivity contribution >= 4 is 35.6 Å². The molecule has 0 spiro atoms. The summed E-state index contributed by atoms with van der Waals surface area (Å²) in [6.45, 7) is 1.85. The number of aliphatic imine (C=N–C) groups is 1. The number of halogens is 2. The molecule has 2 aromatic carbocycles. The molecule has 6 heteroatoms. The average Bonchev–Trinajstić information content (AvgIpc) is 3.48. The van der Waals surface area contributed by atoms with Gasteiger partial charge in [0, 0.05) is 43.8 Å². The van der Waals surface area contributed by atoms with Gasteiger partial charge < -0.3 is 15.5 Å². The average molecular weight is 494 g/mol. The second kappa shape index (κ2) is 9.58. The van der Waals surface area contributed by atoms with Crippen molar-refractivity contribution in [3.63, 3.8) is 0 Å². The van der Waals surface area contributed by atoms with Gasteiger partial charge in [-0.15, -0.1) is 24.0 Å². The third-order valence-electron chi connectivity index (χ3n) is 5.57. The van der Waals surface area contributed by atoms with Gasteiger partial charge in [0.1, 0.15) is 5.82 Å². The molecule has 1 aliphatic carbocycles. The Morgan fingerprint density at radius 2 is 1.79 bits per heavy atom. The normalized spacial score (nSPS) is 22.4. The first-order valence-electron chi connectivity index (χ1n) is 9.78. The first-order chi connectivity index (χ1) is 13.2. The Bertz CT molecular complexity index is 790. The second-order valence-electron chi connectivity index (χ2n) is 7.46. The summed E-state index contributed by atoms with van der Waals surface area (Å²) in [5.41, 5.74) is 2.37. The lowest BCUT2D eigenvalue weighted by atomic mass is 10.0. The molecule has 2 unspecified atom stereocenters. The van der Waals surface area contributed by atoms with Crippen LogP contribution in [0.15, 0.2) is 59.6 Å². The van der Waals surface area contributed by atoms with Crippen molar-refractivity contribution in [3.05, 3.63) is 66.0 Å². The van der Waals surface area contributed by atoms with Crippen LogP contribution in [0, 0.1) is 5.82 Å². The number of rotatable bonds is 4. The summed E-state index contributed by atoms with van der Waals surface area (Å²) in [6.07, 6.45) is 3.19. The zero-order valence-electron chi connectivity index (χ0n) is 16.1. The van der Waals surface area contributed by atoms with E-state index in [1.807, 2.05) is 13.1 Å². The minimum atomic E-state index is -0.172. The van der Waals surface area contributed by atoms with E-state index in [0.29, 0.717) is 18.0 Å². The Morgan fingerprint density at radius 3 is 2.46 bits per heavy atom. The third-order valence-corrected chi connectivity index (χ3v) is 5.57. The number of hydrogen-bond acceptors (Lipinski definition) is 2. The summed E-state index contributed by atoms with van der Waals surface area (Å²) >= 11 is 0. The largest absolute Gasteiger partial charge is 0.371 e. The van der Waals surface area contributed by atoms with Crippen LogP contribution in [0.2, 0.25) is 0 Å². The van der Waals surface area contributed by atoms with E-state index in [-0.39, 0.29) is 29.8 Å². The molecule has 28 heavy (non-hydrogen) atoms. The summed E-state index contributed by atoms with van der Waals surface area (Å²) in [4.78, 5) is 6.66. The molecule has 0 amide bonds. The lowest BCUT2D eigenvalue weighted by Gasteiger charge is -2.34. The van der Waals surface area contributed by atoms with Gasteiger partial charge in [0.2, 0.25) is 0 Å². The molecule has 2 fully saturated rings. The zero-order valence-corrected chi connectivity index (χ0v) is 18.5. The number of nitrogens with zero attached hydrogens (tertiary/aromatic N) is 2. The highest BCUT2D eigenvalue weighted by Crippen LogP contribution is 2.40. The highest BCUT2D eigenvalue weighted by Gasteiger charge is 2.39. The van der Waals surface area contributed by atoms with E-state index < -0.39 is 0 Å². The minimum absolute atomic E-state index is 0. The van der Waals surface area contributed by atoms with Crippen molar-refractivity contribution in [1.82, 2.24) is 10.6 Å². The molecular weight excluding hydrogens is 466 g/mol. The standard InChI is InChI=1S/C22H27FN4.HI/c1-24-22(26-21-15-20(21)16-6-3-2-4-7-16)25-18-10-12-27(13-11-18)19-9-5-8-17(23)14-19;/h2-9,14,18,20-21H,10-13,15H2,1H3,(H2,24,25,26);1H. The number of hydrogen-bond donors (Lipinski definition) is 2. The van der Waals surface area contributed by atoms with Crippen LogP contribution in [-0.4, -0.2) is 38.2 Å². The molecule has 1 heterocycles. The van der Waals surface area contributed by atoms with Gasteiger partial charge in [-0.3, -0.25) is 4.99 Å². The Hall–Kier alpha value is -1.83. The van der Waals surface area contributed by atoms with Gasteiger partial charge >= 0.3 is 0 Å². The number of benzene rings is 2. The smallest absolute Gasteiger partial charge is 0.191 e. The summed E-state index contributed by atoms with van der Waals surface area (Å²) in [7, 11) is 1.83. The molecule has 1 aliphatic heterocycles. The van der Waals surface area contributed by atoms with Crippen LogP contribution in [0.3, 0.4) is 0 Å². The first-order valence-corrected chi connectivity index (χ1v) is 9.78. The molecule has 4 nitrogen and oxygen atoms in total. The molecule has 2 aromatic rings. The Labute approximate surface area is 183 Å². The van der Waals surface area contributed by atoms with Crippen molar-refractivity contribution < 1.29 is 4.39 Å². The van der Waals surface area contributed by atoms with Gasteiger partial charge in [0.05, 0.1) is 0 Å². The van der Waals surface area contributed by atoms with Crippen molar-refractivity contribution in [2.75, 3.05) is 25.0 Å². The molecule has 2 atom stereocenters. The molecule has 0 aromatic heterocycles. The van der Waals surface area contributed by atoms with Crippen molar-refractivity contribution in [2.45, 2.75) is 37.3 Å².